The fourth-order valence-electron chi connectivity index (χ4n) is 3.16. The molecule has 0 aliphatic carbocycles. The number of phenols is 1. The zero-order chi connectivity index (χ0) is 22.6. The molecule has 0 amide bonds. The molecule has 0 bridgehead atoms. The maximum atomic E-state index is 10.5. The number of rotatable bonds is 12. The van der Waals surface area contributed by atoms with Crippen LogP contribution in [0.15, 0.2) is 59.8 Å². The Morgan fingerprint density at radius 1 is 1.19 bits per heavy atom. The molecule has 0 heterocycles. The quantitative estimate of drug-likeness (QED) is 0.253. The molecule has 0 fully saturated rings. The normalized spacial score (nSPS) is 12.7. The van der Waals surface area contributed by atoms with E-state index in [0.29, 0.717) is 34.3 Å². The summed E-state index contributed by atoms with van der Waals surface area (Å²) in [7, 11) is 1.48. The third-order valence-corrected chi connectivity index (χ3v) is 5.58. The van der Waals surface area contributed by atoms with Gasteiger partial charge in [-0.25, -0.2) is 0 Å². The van der Waals surface area contributed by atoms with Crippen molar-refractivity contribution in [3.05, 3.63) is 74.5 Å². The van der Waals surface area contributed by atoms with E-state index < -0.39 is 12.2 Å². The van der Waals surface area contributed by atoms with Crippen molar-refractivity contribution in [2.24, 2.45) is 0 Å². The monoisotopic (exact) mass is 538 g/mol. The van der Waals surface area contributed by atoms with Crippen LogP contribution in [0.4, 0.5) is 0 Å². The molecule has 0 radical (unpaired) electrons. The molecule has 168 valence electrons. The number of hydrogen-bond acceptors (Lipinski definition) is 5. The molecule has 0 saturated carbocycles. The first-order valence-electron chi connectivity index (χ1n) is 10.4. The van der Waals surface area contributed by atoms with E-state index in [1.54, 1.807) is 18.2 Å². The minimum atomic E-state index is -0.738. The number of methoxy groups -OCH3 is 1. The molecule has 2 aromatic carbocycles. The number of benzene rings is 2. The van der Waals surface area contributed by atoms with Crippen molar-refractivity contribution in [1.29, 1.82) is 0 Å². The van der Waals surface area contributed by atoms with Crippen LogP contribution < -0.4 is 4.74 Å². The summed E-state index contributed by atoms with van der Waals surface area (Å²) in [4.78, 5) is 0. The first kappa shape index (κ1) is 25.4. The predicted octanol–water partition coefficient (Wildman–Crippen LogP) is 5.28. The van der Waals surface area contributed by atoms with Crippen molar-refractivity contribution in [3.63, 3.8) is 0 Å². The number of phenolic OH excluding ortho intramolecular Hbond substituents is 1. The Kier molecular flexibility index (Phi) is 11.1. The lowest BCUT2D eigenvalue weighted by Crippen LogP contribution is -2.16. The van der Waals surface area contributed by atoms with E-state index in [9.17, 15) is 15.3 Å². The Balaban J connectivity index is 1.93. The molecule has 5 nitrogen and oxygen atoms in total. The molecule has 0 spiro atoms. The molecule has 0 aliphatic heterocycles. The van der Waals surface area contributed by atoms with Gasteiger partial charge in [0, 0.05) is 12.8 Å². The number of aliphatic hydroxyl groups is 2. The molecule has 0 saturated heterocycles. The molecule has 0 unspecified atom stereocenters. The molecule has 3 N–H and O–H groups in total. The molecule has 6 heteroatoms. The van der Waals surface area contributed by atoms with Crippen LogP contribution in [0.5, 0.6) is 11.5 Å². The Hall–Kier alpha value is -1.83. The summed E-state index contributed by atoms with van der Waals surface area (Å²) in [6, 6.07) is 13.3. The van der Waals surface area contributed by atoms with Gasteiger partial charge in [-0.2, -0.15) is 0 Å². The van der Waals surface area contributed by atoms with Gasteiger partial charge < -0.3 is 24.8 Å². The fourth-order valence-corrected chi connectivity index (χ4v) is 3.78. The molecule has 31 heavy (non-hydrogen) atoms. The Bertz CT molecular complexity index is 875. The minimum absolute atomic E-state index is 0.0724. The third-order valence-electron chi connectivity index (χ3n) is 4.76. The SMILES string of the molecule is CCCC(=C=CC[C@@H](O)c1cc(I)c(O)c(OC)c1)C[C@@H](O)COCc1ccccc1. The highest BCUT2D eigenvalue weighted by molar-refractivity contribution is 14.1. The molecule has 2 aromatic rings. The molecular weight excluding hydrogens is 507 g/mol. The van der Waals surface area contributed by atoms with E-state index in [1.165, 1.54) is 7.11 Å². The van der Waals surface area contributed by atoms with Crippen molar-refractivity contribution >= 4 is 22.6 Å². The maximum Gasteiger partial charge on any atom is 0.171 e. The van der Waals surface area contributed by atoms with Gasteiger partial charge in [0.2, 0.25) is 0 Å². The third kappa shape index (κ3) is 8.67. The van der Waals surface area contributed by atoms with Crippen LogP contribution in [-0.4, -0.2) is 35.1 Å². The van der Waals surface area contributed by atoms with Gasteiger partial charge in [0.05, 0.1) is 36.1 Å². The number of hydrogen-bond donors (Lipinski definition) is 3. The summed E-state index contributed by atoms with van der Waals surface area (Å²) in [6.45, 7) is 2.82. The van der Waals surface area contributed by atoms with E-state index in [4.69, 9.17) is 9.47 Å². The minimum Gasteiger partial charge on any atom is -0.504 e. The zero-order valence-corrected chi connectivity index (χ0v) is 20.2. The van der Waals surface area contributed by atoms with Crippen molar-refractivity contribution in [3.8, 4) is 11.5 Å². The van der Waals surface area contributed by atoms with Gasteiger partial charge in [-0.1, -0.05) is 43.7 Å². The van der Waals surface area contributed by atoms with Crippen LogP contribution >= 0.6 is 22.6 Å². The second-order valence-electron chi connectivity index (χ2n) is 7.37. The van der Waals surface area contributed by atoms with Crippen molar-refractivity contribution in [2.75, 3.05) is 13.7 Å². The van der Waals surface area contributed by atoms with Crippen molar-refractivity contribution < 1.29 is 24.8 Å². The number of ether oxygens (including phenoxy) is 2. The smallest absolute Gasteiger partial charge is 0.171 e. The van der Waals surface area contributed by atoms with E-state index in [2.05, 4.69) is 12.7 Å². The number of halogens is 1. The van der Waals surface area contributed by atoms with Crippen LogP contribution in [-0.2, 0) is 11.3 Å². The van der Waals surface area contributed by atoms with Crippen LogP contribution in [0, 0.1) is 3.57 Å². The summed E-state index contributed by atoms with van der Waals surface area (Å²) in [6.07, 6.45) is 3.10. The van der Waals surface area contributed by atoms with Gasteiger partial charge >= 0.3 is 0 Å². The average molecular weight is 538 g/mol. The van der Waals surface area contributed by atoms with E-state index >= 15 is 0 Å². The molecule has 0 aromatic heterocycles. The lowest BCUT2D eigenvalue weighted by Gasteiger charge is -2.13. The number of aliphatic hydroxyl groups excluding tert-OH is 2. The average Bonchev–Trinajstić information content (AvgIpc) is 2.76. The summed E-state index contributed by atoms with van der Waals surface area (Å²) >= 11 is 2.01. The largest absolute Gasteiger partial charge is 0.504 e. The van der Waals surface area contributed by atoms with Crippen molar-refractivity contribution in [2.45, 2.75) is 51.4 Å². The van der Waals surface area contributed by atoms with E-state index in [0.717, 1.165) is 24.0 Å². The second-order valence-corrected chi connectivity index (χ2v) is 8.53. The van der Waals surface area contributed by atoms with Crippen LogP contribution in [0.25, 0.3) is 0 Å². The van der Waals surface area contributed by atoms with Gasteiger partial charge in [0.1, 0.15) is 0 Å². The van der Waals surface area contributed by atoms with Crippen molar-refractivity contribution in [1.82, 2.24) is 0 Å². The lowest BCUT2D eigenvalue weighted by molar-refractivity contribution is 0.0285. The first-order chi connectivity index (χ1) is 14.9. The maximum absolute atomic E-state index is 10.5. The first-order valence-corrected chi connectivity index (χ1v) is 11.5. The van der Waals surface area contributed by atoms with Crippen LogP contribution in [0.3, 0.4) is 0 Å². The molecular formula is C25H31IO5. The molecule has 0 aliphatic rings. The standard InChI is InChI=1S/C25H31IO5/c1-3-8-18(13-21(27)17-31-16-19-9-5-4-6-10-19)11-7-12-23(28)20-14-22(26)25(29)24(15-20)30-2/h4-7,9-10,14-15,21,23,27-29H,3,8,12-13,16-17H2,1-2H3/t11?,21-,23-/m1/s1. The summed E-state index contributed by atoms with van der Waals surface area (Å²) in [5, 5.41) is 30.8. The second kappa shape index (κ2) is 13.6. The van der Waals surface area contributed by atoms with Gasteiger partial charge in [-0.15, -0.1) is 5.73 Å². The molecule has 2 rings (SSSR count). The van der Waals surface area contributed by atoms with E-state index in [-0.39, 0.29) is 12.4 Å². The molecule has 2 atom stereocenters. The topological polar surface area (TPSA) is 79.2 Å². The summed E-state index contributed by atoms with van der Waals surface area (Å²) in [5.74, 6) is 0.411. The van der Waals surface area contributed by atoms with Gasteiger partial charge in [0.25, 0.3) is 0 Å². The number of aromatic hydroxyl groups is 1. The van der Waals surface area contributed by atoms with Gasteiger partial charge in [0.15, 0.2) is 11.5 Å². The van der Waals surface area contributed by atoms with Crippen LogP contribution in [0.2, 0.25) is 0 Å². The Labute approximate surface area is 198 Å². The fraction of sp³-hybridized carbons (Fsp3) is 0.400. The van der Waals surface area contributed by atoms with Crippen LogP contribution in [0.1, 0.15) is 49.8 Å². The van der Waals surface area contributed by atoms with Gasteiger partial charge in [-0.05, 0) is 63.9 Å². The highest BCUT2D eigenvalue weighted by Crippen LogP contribution is 2.35. The summed E-state index contributed by atoms with van der Waals surface area (Å²) < 4.78 is 11.4. The predicted molar refractivity (Wildman–Crippen MR) is 130 cm³/mol. The highest BCUT2D eigenvalue weighted by atomic mass is 127. The Morgan fingerprint density at radius 2 is 1.94 bits per heavy atom. The Morgan fingerprint density at radius 3 is 2.61 bits per heavy atom. The zero-order valence-electron chi connectivity index (χ0n) is 18.1. The highest BCUT2D eigenvalue weighted by Gasteiger charge is 2.13. The lowest BCUT2D eigenvalue weighted by atomic mass is 10.0. The van der Waals surface area contributed by atoms with E-state index in [1.807, 2.05) is 52.9 Å². The summed E-state index contributed by atoms with van der Waals surface area (Å²) in [5.41, 5.74) is 6.00. The van der Waals surface area contributed by atoms with Gasteiger partial charge in [-0.3, -0.25) is 0 Å².